The predicted octanol–water partition coefficient (Wildman–Crippen LogP) is 3.74. The maximum Gasteiger partial charge on any atom is 0.321 e. The minimum Gasteiger partial charge on any atom is -0.497 e. The monoisotopic (exact) mass is 401 g/mol. The maximum atomic E-state index is 13.9. The fraction of sp³-hybridized carbons (Fsp3) is 0.200. The van der Waals surface area contributed by atoms with E-state index in [0.717, 1.165) is 22.3 Å². The van der Waals surface area contributed by atoms with Gasteiger partial charge in [-0.1, -0.05) is 66.7 Å². The van der Waals surface area contributed by atoms with Crippen LogP contribution in [0.25, 0.3) is 0 Å². The van der Waals surface area contributed by atoms with Crippen LogP contribution >= 0.6 is 0 Å². The van der Waals surface area contributed by atoms with Gasteiger partial charge in [-0.15, -0.1) is 0 Å². The Morgan fingerprint density at radius 3 is 2.10 bits per heavy atom. The summed E-state index contributed by atoms with van der Waals surface area (Å²) in [7, 11) is 1.57. The van der Waals surface area contributed by atoms with Crippen molar-refractivity contribution >= 4 is 11.8 Å². The molecule has 0 saturated heterocycles. The van der Waals surface area contributed by atoms with Crippen molar-refractivity contribution in [1.29, 1.82) is 0 Å². The third-order valence-electron chi connectivity index (χ3n) is 5.59. The van der Waals surface area contributed by atoms with Gasteiger partial charge in [0.25, 0.3) is 0 Å². The van der Waals surface area contributed by atoms with E-state index < -0.39 is 24.0 Å². The summed E-state index contributed by atoms with van der Waals surface area (Å²) in [5.41, 5.74) is 3.37. The average Bonchev–Trinajstić information content (AvgIpc) is 2.79. The molecule has 1 heterocycles. The Balaban J connectivity index is 1.80. The summed E-state index contributed by atoms with van der Waals surface area (Å²) in [5.74, 6) is -0.914. The zero-order valence-electron chi connectivity index (χ0n) is 16.6. The number of carbonyl (C=O) groups excluding carboxylic acids is 1. The number of fused-ring (bicyclic) bond motifs is 1. The van der Waals surface area contributed by atoms with E-state index in [9.17, 15) is 14.7 Å². The van der Waals surface area contributed by atoms with Crippen LogP contribution in [0, 0.1) is 0 Å². The van der Waals surface area contributed by atoms with Gasteiger partial charge in [-0.3, -0.25) is 14.9 Å². The summed E-state index contributed by atoms with van der Waals surface area (Å²) in [6.45, 7) is 0. The molecule has 2 unspecified atom stereocenters. The summed E-state index contributed by atoms with van der Waals surface area (Å²) >= 11 is 0. The standard InChI is InChI=1S/C25H23NO4/c1-30-19-12-13-20-18(14-19)15-21(25(28)29)26-23(20)24(27)22(16-8-4-2-5-9-16)17-10-6-3-7-11-17/h2-14,21-23,26H,15H2,1H3,(H,28,29). The molecule has 0 spiro atoms. The second-order valence-electron chi connectivity index (χ2n) is 7.42. The van der Waals surface area contributed by atoms with Crippen molar-refractivity contribution in [3.05, 3.63) is 101 Å². The van der Waals surface area contributed by atoms with Gasteiger partial charge in [0.05, 0.1) is 19.1 Å². The summed E-state index contributed by atoms with van der Waals surface area (Å²) in [4.78, 5) is 25.7. The molecule has 0 aliphatic carbocycles. The SMILES string of the molecule is COc1ccc2c(c1)CC(C(=O)O)NC2C(=O)C(c1ccccc1)c1ccccc1. The lowest BCUT2D eigenvalue weighted by molar-refractivity contribution is -0.140. The largest absolute Gasteiger partial charge is 0.497 e. The molecule has 1 aliphatic rings. The molecule has 3 aromatic carbocycles. The normalized spacial score (nSPS) is 17.9. The number of carboxylic acid groups (broad SMARTS) is 1. The molecular weight excluding hydrogens is 378 g/mol. The number of ether oxygens (including phenoxy) is 1. The van der Waals surface area contributed by atoms with E-state index in [2.05, 4.69) is 5.32 Å². The Hall–Kier alpha value is -3.44. The highest BCUT2D eigenvalue weighted by molar-refractivity contribution is 5.95. The van der Waals surface area contributed by atoms with Crippen LogP contribution in [0.5, 0.6) is 5.75 Å². The van der Waals surface area contributed by atoms with Crippen LogP contribution in [0.1, 0.15) is 34.2 Å². The molecule has 0 radical (unpaired) electrons. The molecule has 5 nitrogen and oxygen atoms in total. The first-order valence-electron chi connectivity index (χ1n) is 9.87. The highest BCUT2D eigenvalue weighted by Crippen LogP contribution is 2.35. The molecule has 3 aromatic rings. The zero-order chi connectivity index (χ0) is 21.1. The van der Waals surface area contributed by atoms with E-state index in [4.69, 9.17) is 4.74 Å². The van der Waals surface area contributed by atoms with Gasteiger partial charge < -0.3 is 9.84 Å². The molecule has 0 saturated carbocycles. The molecule has 0 fully saturated rings. The molecule has 0 bridgehead atoms. The number of benzene rings is 3. The van der Waals surface area contributed by atoms with Gasteiger partial charge in [0.1, 0.15) is 11.8 Å². The topological polar surface area (TPSA) is 75.6 Å². The molecule has 5 heteroatoms. The van der Waals surface area contributed by atoms with Crippen molar-refractivity contribution in [3.8, 4) is 5.75 Å². The van der Waals surface area contributed by atoms with Gasteiger partial charge in [0.2, 0.25) is 0 Å². The second kappa shape index (κ2) is 8.51. The molecule has 0 aromatic heterocycles. The summed E-state index contributed by atoms with van der Waals surface area (Å²) in [6.07, 6.45) is 0.299. The molecule has 4 rings (SSSR count). The first-order valence-corrected chi connectivity index (χ1v) is 9.87. The maximum absolute atomic E-state index is 13.9. The fourth-order valence-corrected chi connectivity index (χ4v) is 4.11. The van der Waals surface area contributed by atoms with E-state index in [1.165, 1.54) is 0 Å². The smallest absolute Gasteiger partial charge is 0.321 e. The number of methoxy groups -OCH3 is 1. The van der Waals surface area contributed by atoms with E-state index in [0.29, 0.717) is 12.2 Å². The number of hydrogen-bond acceptors (Lipinski definition) is 4. The molecule has 2 N–H and O–H groups in total. The minimum absolute atomic E-state index is 0.0789. The van der Waals surface area contributed by atoms with Crippen molar-refractivity contribution in [2.75, 3.05) is 7.11 Å². The molecule has 1 aliphatic heterocycles. The molecular formula is C25H23NO4. The van der Waals surface area contributed by atoms with Gasteiger partial charge in [-0.25, -0.2) is 0 Å². The van der Waals surface area contributed by atoms with Crippen LogP contribution < -0.4 is 10.1 Å². The number of carboxylic acids is 1. The van der Waals surface area contributed by atoms with Gasteiger partial charge in [-0.05, 0) is 40.8 Å². The van der Waals surface area contributed by atoms with Crippen LogP contribution in [0.4, 0.5) is 0 Å². The molecule has 0 amide bonds. The molecule has 152 valence electrons. The number of ketones is 1. The summed E-state index contributed by atoms with van der Waals surface area (Å²) < 4.78 is 5.31. The van der Waals surface area contributed by atoms with Gasteiger partial charge >= 0.3 is 5.97 Å². The van der Waals surface area contributed by atoms with E-state index in [1.807, 2.05) is 78.9 Å². The van der Waals surface area contributed by atoms with Crippen molar-refractivity contribution in [3.63, 3.8) is 0 Å². The average molecular weight is 401 g/mol. The van der Waals surface area contributed by atoms with Gasteiger partial charge in [-0.2, -0.15) is 0 Å². The number of nitrogens with one attached hydrogen (secondary N) is 1. The highest BCUT2D eigenvalue weighted by Gasteiger charge is 2.38. The molecule has 30 heavy (non-hydrogen) atoms. The lowest BCUT2D eigenvalue weighted by atomic mass is 9.79. The van der Waals surface area contributed by atoms with Crippen molar-refractivity contribution in [2.24, 2.45) is 0 Å². The first-order chi connectivity index (χ1) is 14.6. The highest BCUT2D eigenvalue weighted by atomic mass is 16.5. The third kappa shape index (κ3) is 3.84. The van der Waals surface area contributed by atoms with Crippen molar-refractivity contribution in [1.82, 2.24) is 5.32 Å². The number of hydrogen-bond donors (Lipinski definition) is 2. The van der Waals surface area contributed by atoms with Crippen LogP contribution in [-0.4, -0.2) is 30.0 Å². The Morgan fingerprint density at radius 2 is 1.57 bits per heavy atom. The lowest BCUT2D eigenvalue weighted by Crippen LogP contribution is -2.48. The van der Waals surface area contributed by atoms with E-state index in [1.54, 1.807) is 7.11 Å². The summed E-state index contributed by atoms with van der Waals surface area (Å²) in [5, 5.41) is 12.7. The zero-order valence-corrected chi connectivity index (χ0v) is 16.6. The quantitative estimate of drug-likeness (QED) is 0.658. The number of carbonyl (C=O) groups is 2. The lowest BCUT2D eigenvalue weighted by Gasteiger charge is -2.33. The van der Waals surface area contributed by atoms with Crippen molar-refractivity contribution < 1.29 is 19.4 Å². The predicted molar refractivity (Wildman–Crippen MR) is 114 cm³/mol. The second-order valence-corrected chi connectivity index (χ2v) is 7.42. The first kappa shape index (κ1) is 19.9. The Bertz CT molecular complexity index is 1010. The number of aliphatic carboxylic acids is 1. The molecule has 2 atom stereocenters. The number of Topliss-reactive ketones (excluding diaryl/α,β-unsaturated/α-hetero) is 1. The van der Waals surface area contributed by atoms with Crippen LogP contribution in [0.15, 0.2) is 78.9 Å². The van der Waals surface area contributed by atoms with Crippen LogP contribution in [0.3, 0.4) is 0 Å². The fourth-order valence-electron chi connectivity index (χ4n) is 4.11. The van der Waals surface area contributed by atoms with Gasteiger partial charge in [0.15, 0.2) is 5.78 Å². The Labute approximate surface area is 175 Å². The Kier molecular flexibility index (Phi) is 5.63. The third-order valence-corrected chi connectivity index (χ3v) is 5.59. The van der Waals surface area contributed by atoms with Gasteiger partial charge in [0, 0.05) is 0 Å². The van der Waals surface area contributed by atoms with Crippen LogP contribution in [0.2, 0.25) is 0 Å². The Morgan fingerprint density at radius 1 is 0.967 bits per heavy atom. The van der Waals surface area contributed by atoms with E-state index in [-0.39, 0.29) is 5.78 Å². The van der Waals surface area contributed by atoms with Crippen LogP contribution in [-0.2, 0) is 16.0 Å². The van der Waals surface area contributed by atoms with E-state index >= 15 is 0 Å². The minimum atomic E-state index is -0.975. The summed E-state index contributed by atoms with van der Waals surface area (Å²) in [6, 6.07) is 23.1. The number of rotatable bonds is 6. The van der Waals surface area contributed by atoms with Crippen molar-refractivity contribution in [2.45, 2.75) is 24.4 Å².